The van der Waals surface area contributed by atoms with Crippen LogP contribution in [0, 0.1) is 0 Å². The van der Waals surface area contributed by atoms with Crippen molar-refractivity contribution >= 4 is 49.3 Å². The predicted octanol–water partition coefficient (Wildman–Crippen LogP) is 7.67. The Hall–Kier alpha value is -4.50. The third-order valence-electron chi connectivity index (χ3n) is 6.67. The van der Waals surface area contributed by atoms with Gasteiger partial charge in [-0.05, 0) is 29.8 Å². The Kier molecular flexibility index (Phi) is 3.70. The van der Waals surface area contributed by atoms with Crippen LogP contribution in [0.2, 0.25) is 0 Å². The highest BCUT2D eigenvalue weighted by molar-refractivity contribution is 6.17. The van der Waals surface area contributed by atoms with Gasteiger partial charge in [0.15, 0.2) is 0 Å². The molecular formula is C30H21N3. The van der Waals surface area contributed by atoms with Crippen LogP contribution >= 0.6 is 0 Å². The Morgan fingerprint density at radius 1 is 0.576 bits per heavy atom. The lowest BCUT2D eigenvalue weighted by molar-refractivity contribution is 1.19. The van der Waals surface area contributed by atoms with Gasteiger partial charge in [-0.15, -0.1) is 0 Å². The smallest absolute Gasteiger partial charge is 0.0792 e. The van der Waals surface area contributed by atoms with Gasteiger partial charge in [-0.25, -0.2) is 0 Å². The number of para-hydroxylation sites is 3. The largest absolute Gasteiger partial charge is 0.397 e. The lowest BCUT2D eigenvalue weighted by atomic mass is 9.98. The van der Waals surface area contributed by atoms with E-state index in [2.05, 4.69) is 119 Å². The average molecular weight is 424 g/mol. The van der Waals surface area contributed by atoms with E-state index in [1.165, 1.54) is 16.2 Å². The van der Waals surface area contributed by atoms with Gasteiger partial charge in [0.1, 0.15) is 0 Å². The number of hydrogen-bond donors (Lipinski definition) is 2. The molecule has 0 aliphatic heterocycles. The van der Waals surface area contributed by atoms with Crippen LogP contribution in [0.1, 0.15) is 0 Å². The van der Waals surface area contributed by atoms with Gasteiger partial charge in [0.05, 0.1) is 27.9 Å². The van der Waals surface area contributed by atoms with Crippen LogP contribution in [-0.4, -0.2) is 9.55 Å². The van der Waals surface area contributed by atoms with Crippen molar-refractivity contribution in [2.45, 2.75) is 0 Å². The molecule has 5 aromatic carbocycles. The monoisotopic (exact) mass is 423 g/mol. The lowest BCUT2D eigenvalue weighted by Crippen LogP contribution is -2.03. The molecule has 33 heavy (non-hydrogen) atoms. The van der Waals surface area contributed by atoms with Gasteiger partial charge in [0, 0.05) is 32.6 Å². The van der Waals surface area contributed by atoms with Crippen LogP contribution in [0.15, 0.2) is 109 Å². The van der Waals surface area contributed by atoms with Crippen molar-refractivity contribution in [3.63, 3.8) is 0 Å². The number of H-pyrrole nitrogens is 1. The number of aromatic nitrogens is 2. The summed E-state index contributed by atoms with van der Waals surface area (Å²) in [5.41, 5.74) is 15.5. The van der Waals surface area contributed by atoms with E-state index in [9.17, 15) is 0 Å². The van der Waals surface area contributed by atoms with E-state index < -0.39 is 0 Å². The highest BCUT2D eigenvalue weighted by Crippen LogP contribution is 2.44. The molecule has 0 bridgehead atoms. The number of nitrogens with zero attached hydrogens (tertiary/aromatic N) is 1. The van der Waals surface area contributed by atoms with E-state index in [1.807, 2.05) is 0 Å². The molecule has 0 unspecified atom stereocenters. The highest BCUT2D eigenvalue weighted by Gasteiger charge is 2.21. The summed E-state index contributed by atoms with van der Waals surface area (Å²) in [6, 6.07) is 38.2. The summed E-state index contributed by atoms with van der Waals surface area (Å²) < 4.78 is 2.33. The maximum atomic E-state index is 6.91. The molecule has 0 amide bonds. The molecule has 0 aliphatic carbocycles. The molecule has 0 saturated heterocycles. The summed E-state index contributed by atoms with van der Waals surface area (Å²) in [5.74, 6) is 0. The predicted molar refractivity (Wildman–Crippen MR) is 140 cm³/mol. The van der Waals surface area contributed by atoms with E-state index in [0.29, 0.717) is 0 Å². The fourth-order valence-electron chi connectivity index (χ4n) is 5.29. The van der Waals surface area contributed by atoms with Crippen molar-refractivity contribution in [3.8, 4) is 16.8 Å². The molecule has 3 nitrogen and oxygen atoms in total. The number of rotatable bonds is 2. The van der Waals surface area contributed by atoms with Crippen LogP contribution < -0.4 is 5.73 Å². The minimum absolute atomic E-state index is 0.762. The first-order valence-corrected chi connectivity index (χ1v) is 11.2. The molecule has 7 aromatic rings. The van der Waals surface area contributed by atoms with E-state index in [1.54, 1.807) is 0 Å². The molecule has 2 heterocycles. The van der Waals surface area contributed by atoms with Gasteiger partial charge in [0.2, 0.25) is 0 Å². The van der Waals surface area contributed by atoms with Crippen LogP contribution in [0.5, 0.6) is 0 Å². The van der Waals surface area contributed by atoms with Gasteiger partial charge < -0.3 is 15.3 Å². The normalized spacial score (nSPS) is 11.8. The van der Waals surface area contributed by atoms with Crippen LogP contribution in [-0.2, 0) is 0 Å². The third-order valence-corrected chi connectivity index (χ3v) is 6.67. The zero-order chi connectivity index (χ0) is 21.9. The molecular weight excluding hydrogens is 402 g/mol. The summed E-state index contributed by atoms with van der Waals surface area (Å²) in [6.45, 7) is 0. The average Bonchev–Trinajstić information content (AvgIpc) is 3.39. The minimum Gasteiger partial charge on any atom is -0.397 e. The Morgan fingerprint density at radius 2 is 1.15 bits per heavy atom. The second kappa shape index (κ2) is 6.75. The number of aromatic amines is 1. The first-order chi connectivity index (χ1) is 16.3. The molecule has 0 saturated carbocycles. The molecule has 0 radical (unpaired) electrons. The number of anilines is 1. The van der Waals surface area contributed by atoms with E-state index >= 15 is 0 Å². The zero-order valence-electron chi connectivity index (χ0n) is 17.9. The maximum absolute atomic E-state index is 6.91. The Bertz CT molecular complexity index is 1770. The van der Waals surface area contributed by atoms with Crippen molar-refractivity contribution in [1.82, 2.24) is 9.55 Å². The van der Waals surface area contributed by atoms with Gasteiger partial charge in [-0.3, -0.25) is 0 Å². The number of nitrogens with one attached hydrogen (secondary N) is 1. The molecule has 0 atom stereocenters. The van der Waals surface area contributed by atoms with Crippen LogP contribution in [0.3, 0.4) is 0 Å². The topological polar surface area (TPSA) is 46.7 Å². The Morgan fingerprint density at radius 3 is 1.85 bits per heavy atom. The summed E-state index contributed by atoms with van der Waals surface area (Å²) in [6.07, 6.45) is 0. The third kappa shape index (κ3) is 2.50. The SMILES string of the molecule is Nc1cc2c([nH]c3ccccc32)c(-c2ccccc2)c1-n1c2ccccc2c2ccccc21. The standard InChI is InChI=1S/C30H21N3/c31-24-18-23-20-12-4-7-15-25(20)32-29(23)28(19-10-2-1-3-11-19)30(24)33-26-16-8-5-13-21(26)22-14-6-9-17-27(22)33/h1-18,32H,31H2. The Labute approximate surface area is 190 Å². The quantitative estimate of drug-likeness (QED) is 0.275. The summed E-state index contributed by atoms with van der Waals surface area (Å²) in [5, 5.41) is 4.78. The maximum Gasteiger partial charge on any atom is 0.0792 e. The zero-order valence-corrected chi connectivity index (χ0v) is 17.9. The highest BCUT2D eigenvalue weighted by atomic mass is 15.0. The molecule has 2 aromatic heterocycles. The molecule has 3 heteroatoms. The van der Waals surface area contributed by atoms with Crippen molar-refractivity contribution in [3.05, 3.63) is 109 Å². The Balaban J connectivity index is 1.73. The van der Waals surface area contributed by atoms with E-state index in [0.717, 1.165) is 50.0 Å². The van der Waals surface area contributed by atoms with Gasteiger partial charge in [0.25, 0.3) is 0 Å². The summed E-state index contributed by atoms with van der Waals surface area (Å²) >= 11 is 0. The minimum atomic E-state index is 0.762. The van der Waals surface area contributed by atoms with Crippen molar-refractivity contribution in [2.75, 3.05) is 5.73 Å². The molecule has 3 N–H and O–H groups in total. The summed E-state index contributed by atoms with van der Waals surface area (Å²) in [4.78, 5) is 3.70. The summed E-state index contributed by atoms with van der Waals surface area (Å²) in [7, 11) is 0. The van der Waals surface area contributed by atoms with Crippen molar-refractivity contribution < 1.29 is 0 Å². The lowest BCUT2D eigenvalue weighted by Gasteiger charge is -2.18. The number of fused-ring (bicyclic) bond motifs is 6. The van der Waals surface area contributed by atoms with Gasteiger partial charge >= 0.3 is 0 Å². The fraction of sp³-hybridized carbons (Fsp3) is 0. The van der Waals surface area contributed by atoms with Crippen molar-refractivity contribution in [1.29, 1.82) is 0 Å². The number of nitrogens with two attached hydrogens (primary N) is 1. The molecule has 7 rings (SSSR count). The molecule has 156 valence electrons. The molecule has 0 aliphatic rings. The molecule has 0 fully saturated rings. The van der Waals surface area contributed by atoms with Crippen LogP contribution in [0.4, 0.5) is 5.69 Å². The number of nitrogen functional groups attached to an aromatic ring is 1. The first kappa shape index (κ1) is 18.1. The second-order valence-corrected chi connectivity index (χ2v) is 8.52. The van der Waals surface area contributed by atoms with Crippen molar-refractivity contribution in [2.24, 2.45) is 0 Å². The number of benzene rings is 5. The van der Waals surface area contributed by atoms with E-state index in [4.69, 9.17) is 5.73 Å². The van der Waals surface area contributed by atoms with E-state index in [-0.39, 0.29) is 0 Å². The number of hydrogen-bond acceptors (Lipinski definition) is 1. The van der Waals surface area contributed by atoms with Crippen LogP contribution in [0.25, 0.3) is 60.4 Å². The molecule has 0 spiro atoms. The van der Waals surface area contributed by atoms with Gasteiger partial charge in [-0.2, -0.15) is 0 Å². The second-order valence-electron chi connectivity index (χ2n) is 8.52. The fourth-order valence-corrected chi connectivity index (χ4v) is 5.29. The van der Waals surface area contributed by atoms with Gasteiger partial charge in [-0.1, -0.05) is 84.9 Å². The first-order valence-electron chi connectivity index (χ1n) is 11.2.